The van der Waals surface area contributed by atoms with Gasteiger partial charge in [-0.3, -0.25) is 4.79 Å². The standard InChI is InChI=1S/C15H25NO3/c1-9(2)11-5-4-10(3)8-12(11)14(17)16-13-6-7-19-15(13)18/h9-13H,4-8H2,1-3H3,(H,16,17)/t10-,11+,12-,13-/m1/s1. The van der Waals surface area contributed by atoms with Gasteiger partial charge in [-0.15, -0.1) is 0 Å². The zero-order chi connectivity index (χ0) is 14.0. The van der Waals surface area contributed by atoms with E-state index in [1.807, 2.05) is 0 Å². The van der Waals surface area contributed by atoms with Crippen molar-refractivity contribution in [1.82, 2.24) is 5.32 Å². The number of rotatable bonds is 3. The predicted molar refractivity (Wildman–Crippen MR) is 72.3 cm³/mol. The van der Waals surface area contributed by atoms with Crippen LogP contribution in [0, 0.1) is 23.7 Å². The van der Waals surface area contributed by atoms with Gasteiger partial charge < -0.3 is 10.1 Å². The van der Waals surface area contributed by atoms with Crippen molar-refractivity contribution in [3.8, 4) is 0 Å². The van der Waals surface area contributed by atoms with Crippen molar-refractivity contribution in [2.75, 3.05) is 6.61 Å². The Morgan fingerprint density at radius 3 is 2.63 bits per heavy atom. The highest BCUT2D eigenvalue weighted by Crippen LogP contribution is 2.38. The van der Waals surface area contributed by atoms with E-state index < -0.39 is 6.04 Å². The zero-order valence-corrected chi connectivity index (χ0v) is 12.1. The van der Waals surface area contributed by atoms with E-state index in [4.69, 9.17) is 4.74 Å². The number of ether oxygens (including phenoxy) is 1. The highest BCUT2D eigenvalue weighted by molar-refractivity contribution is 5.86. The molecule has 1 saturated heterocycles. The van der Waals surface area contributed by atoms with Gasteiger partial charge in [0.05, 0.1) is 6.61 Å². The second kappa shape index (κ2) is 5.93. The quantitative estimate of drug-likeness (QED) is 0.797. The Hall–Kier alpha value is -1.06. The van der Waals surface area contributed by atoms with E-state index >= 15 is 0 Å². The highest BCUT2D eigenvalue weighted by Gasteiger charge is 2.37. The second-order valence-corrected chi connectivity index (χ2v) is 6.45. The van der Waals surface area contributed by atoms with Gasteiger partial charge in [0.2, 0.25) is 5.91 Å². The van der Waals surface area contributed by atoms with E-state index in [0.717, 1.165) is 12.8 Å². The summed E-state index contributed by atoms with van der Waals surface area (Å²) in [6.07, 6.45) is 3.87. The molecule has 2 aliphatic rings. The first-order valence-electron chi connectivity index (χ1n) is 7.46. The van der Waals surface area contributed by atoms with Gasteiger partial charge in [0.15, 0.2) is 0 Å². The molecule has 4 atom stereocenters. The molecule has 0 unspecified atom stereocenters. The van der Waals surface area contributed by atoms with Crippen LogP contribution in [0.15, 0.2) is 0 Å². The molecule has 19 heavy (non-hydrogen) atoms. The van der Waals surface area contributed by atoms with Crippen LogP contribution >= 0.6 is 0 Å². The topological polar surface area (TPSA) is 55.4 Å². The van der Waals surface area contributed by atoms with Crippen molar-refractivity contribution < 1.29 is 14.3 Å². The summed E-state index contributed by atoms with van der Waals surface area (Å²) < 4.78 is 4.90. The molecule has 1 aliphatic carbocycles. The predicted octanol–water partition coefficient (Wildman–Crippen LogP) is 2.13. The molecule has 0 radical (unpaired) electrons. The lowest BCUT2D eigenvalue weighted by Crippen LogP contribution is -2.45. The summed E-state index contributed by atoms with van der Waals surface area (Å²) in [5.74, 6) is 1.37. The van der Waals surface area contributed by atoms with Crippen LogP contribution in [-0.2, 0) is 14.3 Å². The fourth-order valence-corrected chi connectivity index (χ4v) is 3.41. The Morgan fingerprint density at radius 1 is 1.32 bits per heavy atom. The molecule has 0 aromatic heterocycles. The molecule has 1 amide bonds. The summed E-state index contributed by atoms with van der Waals surface area (Å²) in [5, 5.41) is 2.89. The van der Waals surface area contributed by atoms with Gasteiger partial charge in [-0.1, -0.05) is 27.2 Å². The number of nitrogens with one attached hydrogen (secondary N) is 1. The maximum atomic E-state index is 12.4. The van der Waals surface area contributed by atoms with Gasteiger partial charge in [0.1, 0.15) is 6.04 Å². The number of carbonyl (C=O) groups excluding carboxylic acids is 2. The molecule has 1 aliphatic heterocycles. The van der Waals surface area contributed by atoms with Crippen LogP contribution in [0.3, 0.4) is 0 Å². The molecule has 1 heterocycles. The van der Waals surface area contributed by atoms with Crippen LogP contribution in [0.5, 0.6) is 0 Å². The minimum absolute atomic E-state index is 0.0501. The summed E-state index contributed by atoms with van der Waals surface area (Å²) >= 11 is 0. The van der Waals surface area contributed by atoms with E-state index in [0.29, 0.717) is 30.8 Å². The second-order valence-electron chi connectivity index (χ2n) is 6.45. The van der Waals surface area contributed by atoms with Crippen molar-refractivity contribution >= 4 is 11.9 Å². The minimum Gasteiger partial charge on any atom is -0.464 e. The monoisotopic (exact) mass is 267 g/mol. The Balaban J connectivity index is 2.00. The lowest BCUT2D eigenvalue weighted by molar-refractivity contribution is -0.142. The smallest absolute Gasteiger partial charge is 0.328 e. The zero-order valence-electron chi connectivity index (χ0n) is 12.1. The molecule has 2 fully saturated rings. The number of hydrogen-bond acceptors (Lipinski definition) is 3. The van der Waals surface area contributed by atoms with E-state index in [1.54, 1.807) is 0 Å². The van der Waals surface area contributed by atoms with Gasteiger partial charge in [0.25, 0.3) is 0 Å². The summed E-state index contributed by atoms with van der Waals surface area (Å²) in [4.78, 5) is 23.9. The van der Waals surface area contributed by atoms with Crippen LogP contribution in [0.2, 0.25) is 0 Å². The third-order valence-corrected chi connectivity index (χ3v) is 4.61. The third kappa shape index (κ3) is 3.28. The SMILES string of the molecule is CC(C)[C@@H]1CC[C@@H](C)C[C@H]1C(=O)N[C@@H]1CCOC1=O. The van der Waals surface area contributed by atoms with E-state index in [2.05, 4.69) is 26.1 Å². The van der Waals surface area contributed by atoms with Crippen LogP contribution in [0.4, 0.5) is 0 Å². The van der Waals surface area contributed by atoms with Crippen molar-refractivity contribution in [2.24, 2.45) is 23.7 Å². The number of cyclic esters (lactones) is 1. The maximum Gasteiger partial charge on any atom is 0.328 e. The Labute approximate surface area is 115 Å². The van der Waals surface area contributed by atoms with Crippen molar-refractivity contribution in [3.05, 3.63) is 0 Å². The van der Waals surface area contributed by atoms with Crippen LogP contribution in [-0.4, -0.2) is 24.5 Å². The van der Waals surface area contributed by atoms with Gasteiger partial charge >= 0.3 is 5.97 Å². The summed E-state index contributed by atoms with van der Waals surface area (Å²) in [7, 11) is 0. The molecular weight excluding hydrogens is 242 g/mol. The highest BCUT2D eigenvalue weighted by atomic mass is 16.5. The molecule has 1 saturated carbocycles. The van der Waals surface area contributed by atoms with Gasteiger partial charge in [-0.25, -0.2) is 4.79 Å². The number of carbonyl (C=O) groups is 2. The third-order valence-electron chi connectivity index (χ3n) is 4.61. The first-order valence-corrected chi connectivity index (χ1v) is 7.46. The number of amides is 1. The molecule has 1 N–H and O–H groups in total. The van der Waals surface area contributed by atoms with Gasteiger partial charge in [-0.05, 0) is 30.6 Å². The van der Waals surface area contributed by atoms with Crippen molar-refractivity contribution in [1.29, 1.82) is 0 Å². The molecule has 0 aromatic carbocycles. The molecule has 0 bridgehead atoms. The fraction of sp³-hybridized carbons (Fsp3) is 0.867. The Kier molecular flexibility index (Phi) is 4.48. The molecule has 108 valence electrons. The lowest BCUT2D eigenvalue weighted by atomic mass is 9.69. The van der Waals surface area contributed by atoms with Crippen LogP contribution < -0.4 is 5.32 Å². The van der Waals surface area contributed by atoms with E-state index in [1.165, 1.54) is 6.42 Å². The number of esters is 1. The summed E-state index contributed by atoms with van der Waals surface area (Å²) in [5.41, 5.74) is 0. The summed E-state index contributed by atoms with van der Waals surface area (Å²) in [6, 6.07) is -0.419. The van der Waals surface area contributed by atoms with Crippen LogP contribution in [0.1, 0.15) is 46.5 Å². The average molecular weight is 267 g/mol. The van der Waals surface area contributed by atoms with Gasteiger partial charge in [0, 0.05) is 12.3 Å². The van der Waals surface area contributed by atoms with Gasteiger partial charge in [-0.2, -0.15) is 0 Å². The first-order chi connectivity index (χ1) is 8.99. The van der Waals surface area contributed by atoms with Crippen LogP contribution in [0.25, 0.3) is 0 Å². The van der Waals surface area contributed by atoms with Crippen molar-refractivity contribution in [3.63, 3.8) is 0 Å². The normalized spacial score (nSPS) is 35.3. The fourth-order valence-electron chi connectivity index (χ4n) is 3.41. The largest absolute Gasteiger partial charge is 0.464 e. The average Bonchev–Trinajstić information content (AvgIpc) is 2.74. The molecular formula is C15H25NO3. The molecule has 4 heteroatoms. The Morgan fingerprint density at radius 2 is 2.05 bits per heavy atom. The number of hydrogen-bond donors (Lipinski definition) is 1. The minimum atomic E-state index is -0.419. The van der Waals surface area contributed by atoms with E-state index in [9.17, 15) is 9.59 Å². The Bertz CT molecular complexity index is 353. The molecule has 4 nitrogen and oxygen atoms in total. The first kappa shape index (κ1) is 14.4. The van der Waals surface area contributed by atoms with E-state index in [-0.39, 0.29) is 17.8 Å². The van der Waals surface area contributed by atoms with Crippen molar-refractivity contribution in [2.45, 2.75) is 52.5 Å². The lowest BCUT2D eigenvalue weighted by Gasteiger charge is -2.36. The molecule has 0 spiro atoms. The molecule has 2 rings (SSSR count). The summed E-state index contributed by atoms with van der Waals surface area (Å²) in [6.45, 7) is 7.01. The molecule has 0 aromatic rings. The maximum absolute atomic E-state index is 12.4.